The van der Waals surface area contributed by atoms with Crippen LogP contribution in [0.4, 0.5) is 5.69 Å². The second-order valence-corrected chi connectivity index (χ2v) is 6.76. The summed E-state index contributed by atoms with van der Waals surface area (Å²) < 4.78 is 10.3. The van der Waals surface area contributed by atoms with Gasteiger partial charge in [-0.1, -0.05) is 25.1 Å². The van der Waals surface area contributed by atoms with E-state index in [2.05, 4.69) is 5.32 Å². The summed E-state index contributed by atoms with van der Waals surface area (Å²) in [6.07, 6.45) is 0.350. The molecular formula is C25H21NO6. The number of esters is 2. The first-order chi connectivity index (χ1) is 15.5. The first-order valence-corrected chi connectivity index (χ1v) is 9.94. The molecule has 0 fully saturated rings. The van der Waals surface area contributed by atoms with Crippen molar-refractivity contribution in [3.63, 3.8) is 0 Å². The molecule has 0 bridgehead atoms. The van der Waals surface area contributed by atoms with Gasteiger partial charge in [0.2, 0.25) is 5.91 Å². The number of ether oxygens (including phenoxy) is 2. The number of nitrogens with one attached hydrogen (secondary N) is 1. The molecule has 0 heterocycles. The fourth-order valence-corrected chi connectivity index (χ4v) is 2.69. The molecular weight excluding hydrogens is 410 g/mol. The van der Waals surface area contributed by atoms with Crippen molar-refractivity contribution >= 4 is 29.3 Å². The molecule has 0 aliphatic rings. The van der Waals surface area contributed by atoms with Crippen LogP contribution in [0.15, 0.2) is 78.9 Å². The summed E-state index contributed by atoms with van der Waals surface area (Å²) in [5.74, 6) is -1.39. The predicted octanol–water partition coefficient (Wildman–Crippen LogP) is 4.29. The Morgan fingerprint density at radius 3 is 1.94 bits per heavy atom. The van der Waals surface area contributed by atoms with Crippen molar-refractivity contribution in [3.05, 3.63) is 95.6 Å². The monoisotopic (exact) mass is 431 g/mol. The average molecular weight is 431 g/mol. The third kappa shape index (κ3) is 6.12. The molecule has 1 N–H and O–H groups in total. The highest BCUT2D eigenvalue weighted by atomic mass is 16.5. The minimum absolute atomic E-state index is 0.133. The van der Waals surface area contributed by atoms with Crippen LogP contribution < -0.4 is 10.1 Å². The van der Waals surface area contributed by atoms with Crippen LogP contribution in [0, 0.1) is 0 Å². The molecule has 3 aromatic rings. The smallest absolute Gasteiger partial charge is 0.343 e. The summed E-state index contributed by atoms with van der Waals surface area (Å²) in [5, 5.41) is 2.68. The molecule has 0 aliphatic carbocycles. The summed E-state index contributed by atoms with van der Waals surface area (Å²) in [4.78, 5) is 47.9. The van der Waals surface area contributed by atoms with Gasteiger partial charge in [0.05, 0.1) is 11.1 Å². The number of ketones is 1. The van der Waals surface area contributed by atoms with Gasteiger partial charge in [0, 0.05) is 17.7 Å². The fraction of sp³-hybridized carbons (Fsp3) is 0.120. The standard InChI is InChI=1S/C25H21NO6/c1-2-23(28)26-20-12-8-19(9-13-20)24(29)31-16-22(27)17-10-14-21(15-11-17)32-25(30)18-6-4-3-5-7-18/h3-15H,2,16H2,1H3,(H,26,28). The largest absolute Gasteiger partial charge is 0.454 e. The van der Waals surface area contributed by atoms with Gasteiger partial charge in [-0.25, -0.2) is 9.59 Å². The van der Waals surface area contributed by atoms with Crippen LogP contribution in [0.5, 0.6) is 5.75 Å². The maximum Gasteiger partial charge on any atom is 0.343 e. The fourth-order valence-electron chi connectivity index (χ4n) is 2.69. The minimum atomic E-state index is -0.653. The van der Waals surface area contributed by atoms with Crippen molar-refractivity contribution in [2.24, 2.45) is 0 Å². The Morgan fingerprint density at radius 2 is 1.31 bits per heavy atom. The van der Waals surface area contributed by atoms with Crippen LogP contribution in [-0.2, 0) is 9.53 Å². The Balaban J connectivity index is 1.51. The molecule has 7 heteroatoms. The van der Waals surface area contributed by atoms with Crippen molar-refractivity contribution in [1.29, 1.82) is 0 Å². The van der Waals surface area contributed by atoms with Gasteiger partial charge in [-0.3, -0.25) is 9.59 Å². The lowest BCUT2D eigenvalue weighted by Crippen LogP contribution is -2.15. The average Bonchev–Trinajstić information content (AvgIpc) is 2.83. The third-order valence-electron chi connectivity index (χ3n) is 4.46. The van der Waals surface area contributed by atoms with Crippen molar-refractivity contribution in [2.75, 3.05) is 11.9 Å². The molecule has 0 aromatic heterocycles. The molecule has 0 radical (unpaired) electrons. The highest BCUT2D eigenvalue weighted by Crippen LogP contribution is 2.16. The zero-order valence-corrected chi connectivity index (χ0v) is 17.4. The highest BCUT2D eigenvalue weighted by molar-refractivity contribution is 5.99. The van der Waals surface area contributed by atoms with Crippen molar-refractivity contribution in [1.82, 2.24) is 0 Å². The molecule has 0 saturated heterocycles. The zero-order chi connectivity index (χ0) is 22.9. The van der Waals surface area contributed by atoms with Gasteiger partial charge in [-0.2, -0.15) is 0 Å². The number of amides is 1. The van der Waals surface area contributed by atoms with E-state index in [9.17, 15) is 19.2 Å². The van der Waals surface area contributed by atoms with E-state index in [0.29, 0.717) is 29.0 Å². The van der Waals surface area contributed by atoms with E-state index in [1.165, 1.54) is 36.4 Å². The third-order valence-corrected chi connectivity index (χ3v) is 4.46. The van der Waals surface area contributed by atoms with Gasteiger partial charge in [-0.05, 0) is 60.7 Å². The summed E-state index contributed by atoms with van der Waals surface area (Å²) in [6, 6.07) is 20.7. The lowest BCUT2D eigenvalue weighted by molar-refractivity contribution is -0.115. The van der Waals surface area contributed by atoms with Gasteiger partial charge in [0.1, 0.15) is 5.75 Å². The summed E-state index contributed by atoms with van der Waals surface area (Å²) in [5.41, 5.74) is 1.56. The van der Waals surface area contributed by atoms with Crippen LogP contribution in [0.3, 0.4) is 0 Å². The van der Waals surface area contributed by atoms with Crippen molar-refractivity contribution < 1.29 is 28.7 Å². The molecule has 0 atom stereocenters. The molecule has 0 saturated carbocycles. The Labute approximate surface area is 185 Å². The number of hydrogen-bond acceptors (Lipinski definition) is 6. The van der Waals surface area contributed by atoms with Gasteiger partial charge in [0.25, 0.3) is 0 Å². The first-order valence-electron chi connectivity index (χ1n) is 9.94. The van der Waals surface area contributed by atoms with E-state index in [-0.39, 0.29) is 11.5 Å². The Morgan fingerprint density at radius 1 is 0.719 bits per heavy atom. The van der Waals surface area contributed by atoms with Gasteiger partial charge in [-0.15, -0.1) is 0 Å². The number of carbonyl (C=O) groups is 4. The van der Waals surface area contributed by atoms with Crippen molar-refractivity contribution in [2.45, 2.75) is 13.3 Å². The molecule has 7 nitrogen and oxygen atoms in total. The van der Waals surface area contributed by atoms with Gasteiger partial charge >= 0.3 is 11.9 Å². The topological polar surface area (TPSA) is 98.8 Å². The Bertz CT molecular complexity index is 1110. The summed E-state index contributed by atoms with van der Waals surface area (Å²) in [6.45, 7) is 1.30. The SMILES string of the molecule is CCC(=O)Nc1ccc(C(=O)OCC(=O)c2ccc(OC(=O)c3ccccc3)cc2)cc1. The number of hydrogen-bond donors (Lipinski definition) is 1. The van der Waals surface area contributed by atoms with E-state index >= 15 is 0 Å². The summed E-state index contributed by atoms with van der Waals surface area (Å²) >= 11 is 0. The number of carbonyl (C=O) groups excluding carboxylic acids is 4. The number of benzene rings is 3. The van der Waals surface area contributed by atoms with Gasteiger partial charge in [0.15, 0.2) is 12.4 Å². The highest BCUT2D eigenvalue weighted by Gasteiger charge is 2.13. The molecule has 0 spiro atoms. The van der Waals surface area contributed by atoms with Crippen LogP contribution in [0.25, 0.3) is 0 Å². The van der Waals surface area contributed by atoms with E-state index < -0.39 is 24.3 Å². The molecule has 162 valence electrons. The van der Waals surface area contributed by atoms with Crippen LogP contribution in [-0.4, -0.2) is 30.2 Å². The molecule has 3 aromatic carbocycles. The van der Waals surface area contributed by atoms with Gasteiger partial charge < -0.3 is 14.8 Å². The Hall–Kier alpha value is -4.26. The van der Waals surface area contributed by atoms with Crippen LogP contribution in [0.2, 0.25) is 0 Å². The molecule has 0 unspecified atom stereocenters. The lowest BCUT2D eigenvalue weighted by atomic mass is 10.1. The summed E-state index contributed by atoms with van der Waals surface area (Å²) in [7, 11) is 0. The van der Waals surface area contributed by atoms with Crippen molar-refractivity contribution in [3.8, 4) is 5.75 Å². The number of Topliss-reactive ketones (excluding diaryl/α,β-unsaturated/α-hetero) is 1. The van der Waals surface area contributed by atoms with Crippen LogP contribution in [0.1, 0.15) is 44.4 Å². The zero-order valence-electron chi connectivity index (χ0n) is 17.4. The van der Waals surface area contributed by atoms with E-state index in [1.807, 2.05) is 0 Å². The molecule has 1 amide bonds. The second-order valence-electron chi connectivity index (χ2n) is 6.76. The molecule has 3 rings (SSSR count). The maximum atomic E-state index is 12.3. The number of anilines is 1. The lowest BCUT2D eigenvalue weighted by Gasteiger charge is -2.07. The van der Waals surface area contributed by atoms with Crippen LogP contribution >= 0.6 is 0 Å². The van der Waals surface area contributed by atoms with E-state index in [1.54, 1.807) is 49.4 Å². The molecule has 32 heavy (non-hydrogen) atoms. The van der Waals surface area contributed by atoms with E-state index in [0.717, 1.165) is 0 Å². The second kappa shape index (κ2) is 10.7. The van der Waals surface area contributed by atoms with E-state index in [4.69, 9.17) is 9.47 Å². The molecule has 0 aliphatic heterocycles. The number of rotatable bonds is 8. The quantitative estimate of drug-likeness (QED) is 0.324. The minimum Gasteiger partial charge on any atom is -0.454 e. The Kier molecular flexibility index (Phi) is 7.48. The normalized spacial score (nSPS) is 10.2. The predicted molar refractivity (Wildman–Crippen MR) is 118 cm³/mol. The first kappa shape index (κ1) is 22.4. The maximum absolute atomic E-state index is 12.3.